The number of alkyl halides is 3. The molecule has 8 nitrogen and oxygen atoms in total. The maximum absolute atomic E-state index is 13.9. The standard InChI is InChI=1S/C34H31F3N4O4/c1-4-44-27-17-15-26(16-18-27)41-32(39-29-9-7-6-8-28(29)33(41)43)22(3)40-21-25(14-19-31(42)45-5-2)38-30(40)20-23-10-12-24(13-11-23)34(35,36)37/h6-19,21-22H,4-5,20H2,1-3H3. The van der Waals surface area contributed by atoms with Crippen molar-refractivity contribution in [1.29, 1.82) is 0 Å². The summed E-state index contributed by atoms with van der Waals surface area (Å²) in [6.45, 7) is 6.15. The maximum atomic E-state index is 13.9. The summed E-state index contributed by atoms with van der Waals surface area (Å²) in [4.78, 5) is 35.5. The number of fused-ring (bicyclic) bond motifs is 1. The van der Waals surface area contributed by atoms with Crippen LogP contribution in [-0.2, 0) is 22.1 Å². The molecule has 232 valence electrons. The fourth-order valence-electron chi connectivity index (χ4n) is 5.00. The maximum Gasteiger partial charge on any atom is 0.416 e. The summed E-state index contributed by atoms with van der Waals surface area (Å²) in [6.07, 6.45) is 0.195. The van der Waals surface area contributed by atoms with Crippen LogP contribution in [0.4, 0.5) is 13.2 Å². The van der Waals surface area contributed by atoms with Crippen molar-refractivity contribution in [3.05, 3.63) is 124 Å². The van der Waals surface area contributed by atoms with Crippen molar-refractivity contribution in [3.63, 3.8) is 0 Å². The van der Waals surface area contributed by atoms with Gasteiger partial charge in [-0.15, -0.1) is 0 Å². The van der Waals surface area contributed by atoms with E-state index in [1.807, 2.05) is 18.4 Å². The summed E-state index contributed by atoms with van der Waals surface area (Å²) in [5.74, 6) is 1.02. The molecule has 0 aliphatic rings. The van der Waals surface area contributed by atoms with Crippen LogP contribution in [0.2, 0.25) is 0 Å². The largest absolute Gasteiger partial charge is 0.494 e. The molecule has 0 radical (unpaired) electrons. The number of imidazole rings is 1. The molecule has 1 atom stereocenters. The zero-order valence-corrected chi connectivity index (χ0v) is 24.9. The van der Waals surface area contributed by atoms with Gasteiger partial charge in [-0.05, 0) is 80.9 Å². The molecule has 3 aromatic carbocycles. The van der Waals surface area contributed by atoms with Crippen LogP contribution in [0.15, 0.2) is 89.9 Å². The SMILES string of the molecule is CCOC(=O)C=Cc1cn(C(C)c2nc3ccccc3c(=O)n2-c2ccc(OCC)cc2)c(Cc2ccc(C(F)(F)F)cc2)n1. The Morgan fingerprint density at radius 3 is 2.33 bits per heavy atom. The third kappa shape index (κ3) is 6.98. The van der Waals surface area contributed by atoms with Crippen LogP contribution >= 0.6 is 0 Å². The van der Waals surface area contributed by atoms with Crippen molar-refractivity contribution in [2.45, 2.75) is 39.4 Å². The van der Waals surface area contributed by atoms with Gasteiger partial charge >= 0.3 is 12.1 Å². The predicted molar refractivity (Wildman–Crippen MR) is 164 cm³/mol. The summed E-state index contributed by atoms with van der Waals surface area (Å²) in [7, 11) is 0. The van der Waals surface area contributed by atoms with E-state index in [-0.39, 0.29) is 18.6 Å². The van der Waals surface area contributed by atoms with Crippen LogP contribution < -0.4 is 10.3 Å². The van der Waals surface area contributed by atoms with Gasteiger partial charge in [0.15, 0.2) is 0 Å². The number of esters is 1. The van der Waals surface area contributed by atoms with Crippen molar-refractivity contribution >= 4 is 22.9 Å². The van der Waals surface area contributed by atoms with Gasteiger partial charge in [0, 0.05) is 18.7 Å². The molecule has 0 N–H and O–H groups in total. The lowest BCUT2D eigenvalue weighted by Gasteiger charge is -2.21. The van der Waals surface area contributed by atoms with Crippen molar-refractivity contribution in [2.24, 2.45) is 0 Å². The van der Waals surface area contributed by atoms with Crippen molar-refractivity contribution < 1.29 is 27.4 Å². The molecule has 0 bridgehead atoms. The highest BCUT2D eigenvalue weighted by Crippen LogP contribution is 2.30. The Morgan fingerprint density at radius 2 is 1.67 bits per heavy atom. The highest BCUT2D eigenvalue weighted by molar-refractivity contribution is 5.86. The Hall–Kier alpha value is -5.19. The minimum atomic E-state index is -4.46. The van der Waals surface area contributed by atoms with Gasteiger partial charge in [0.05, 0.1) is 47.1 Å². The van der Waals surface area contributed by atoms with E-state index in [0.717, 1.165) is 12.1 Å². The van der Waals surface area contributed by atoms with Crippen LogP contribution in [0.5, 0.6) is 5.75 Å². The number of nitrogens with zero attached hydrogens (tertiary/aromatic N) is 4. The second-order valence-corrected chi connectivity index (χ2v) is 10.2. The predicted octanol–water partition coefficient (Wildman–Crippen LogP) is 6.78. The van der Waals surface area contributed by atoms with Gasteiger partial charge in [-0.2, -0.15) is 13.2 Å². The fraction of sp³-hybridized carbons (Fsp3) is 0.235. The summed E-state index contributed by atoms with van der Waals surface area (Å²) < 4.78 is 53.5. The number of rotatable bonds is 10. The van der Waals surface area contributed by atoms with Crippen LogP contribution in [0.25, 0.3) is 22.7 Å². The second kappa shape index (κ2) is 13.2. The minimum absolute atomic E-state index is 0.177. The summed E-state index contributed by atoms with van der Waals surface area (Å²) in [6, 6.07) is 18.5. The van der Waals surface area contributed by atoms with Gasteiger partial charge in [-0.3, -0.25) is 9.36 Å². The molecule has 0 amide bonds. The van der Waals surface area contributed by atoms with Crippen LogP contribution in [0.1, 0.15) is 55.3 Å². The summed E-state index contributed by atoms with van der Waals surface area (Å²) in [5, 5.41) is 0.441. The first kappa shape index (κ1) is 31.2. The van der Waals surface area contributed by atoms with Crippen molar-refractivity contribution in [2.75, 3.05) is 13.2 Å². The highest BCUT2D eigenvalue weighted by Gasteiger charge is 2.30. The van der Waals surface area contributed by atoms with E-state index in [1.165, 1.54) is 24.3 Å². The molecule has 11 heteroatoms. The van der Waals surface area contributed by atoms with Crippen molar-refractivity contribution in [1.82, 2.24) is 19.1 Å². The molecular weight excluding hydrogens is 585 g/mol. The zero-order chi connectivity index (χ0) is 32.1. The third-order valence-electron chi connectivity index (χ3n) is 7.15. The molecule has 2 aromatic heterocycles. The van der Waals surface area contributed by atoms with E-state index >= 15 is 0 Å². The van der Waals surface area contributed by atoms with E-state index in [4.69, 9.17) is 14.5 Å². The number of benzene rings is 3. The molecule has 0 aliphatic heterocycles. The first-order valence-electron chi connectivity index (χ1n) is 14.4. The average Bonchev–Trinajstić information content (AvgIpc) is 3.42. The molecule has 1 unspecified atom stereocenters. The number of ether oxygens (including phenoxy) is 2. The Balaban J connectivity index is 1.63. The van der Waals surface area contributed by atoms with Gasteiger partial charge < -0.3 is 14.0 Å². The third-order valence-corrected chi connectivity index (χ3v) is 7.15. The number of halogens is 3. The Kier molecular flexibility index (Phi) is 9.17. The van der Waals surface area contributed by atoms with Gasteiger partial charge in [-0.25, -0.2) is 14.8 Å². The lowest BCUT2D eigenvalue weighted by molar-refractivity contribution is -0.138. The van der Waals surface area contributed by atoms with E-state index in [9.17, 15) is 22.8 Å². The van der Waals surface area contributed by atoms with Crippen LogP contribution in [0, 0.1) is 0 Å². The van der Waals surface area contributed by atoms with E-state index in [1.54, 1.807) is 66.2 Å². The molecule has 5 rings (SSSR count). The molecule has 0 saturated carbocycles. The Labute approximate surface area is 257 Å². The lowest BCUT2D eigenvalue weighted by Crippen LogP contribution is -2.27. The number of aromatic nitrogens is 4. The molecule has 0 fully saturated rings. The number of para-hydroxylation sites is 1. The zero-order valence-electron chi connectivity index (χ0n) is 24.9. The Bertz CT molecular complexity index is 1890. The number of hydrogen-bond acceptors (Lipinski definition) is 6. The van der Waals surface area contributed by atoms with Gasteiger partial charge in [0.25, 0.3) is 5.56 Å². The minimum Gasteiger partial charge on any atom is -0.494 e. The first-order valence-corrected chi connectivity index (χ1v) is 14.4. The Morgan fingerprint density at radius 1 is 0.956 bits per heavy atom. The summed E-state index contributed by atoms with van der Waals surface area (Å²) in [5.41, 5.74) is 1.10. The molecule has 0 saturated heterocycles. The quantitative estimate of drug-likeness (QED) is 0.127. The second-order valence-electron chi connectivity index (χ2n) is 10.2. The van der Waals surface area contributed by atoms with E-state index in [2.05, 4.69) is 4.98 Å². The van der Waals surface area contributed by atoms with Gasteiger partial charge in [-0.1, -0.05) is 24.3 Å². The van der Waals surface area contributed by atoms with Crippen molar-refractivity contribution in [3.8, 4) is 11.4 Å². The number of hydrogen-bond donors (Lipinski definition) is 0. The number of carbonyl (C=O) groups is 1. The van der Waals surface area contributed by atoms with E-state index < -0.39 is 23.8 Å². The van der Waals surface area contributed by atoms with Crippen LogP contribution in [-0.4, -0.2) is 38.3 Å². The van der Waals surface area contributed by atoms with Gasteiger partial charge in [0.1, 0.15) is 17.4 Å². The molecule has 5 aromatic rings. The smallest absolute Gasteiger partial charge is 0.416 e. The molecule has 45 heavy (non-hydrogen) atoms. The number of carbonyl (C=O) groups excluding carboxylic acids is 1. The van der Waals surface area contributed by atoms with Gasteiger partial charge in [0.2, 0.25) is 0 Å². The normalized spacial score (nSPS) is 12.5. The average molecular weight is 617 g/mol. The fourth-order valence-corrected chi connectivity index (χ4v) is 5.00. The monoisotopic (exact) mass is 616 g/mol. The summed E-state index contributed by atoms with van der Waals surface area (Å²) >= 11 is 0. The highest BCUT2D eigenvalue weighted by atomic mass is 19.4. The first-order chi connectivity index (χ1) is 21.6. The molecule has 0 spiro atoms. The van der Waals surface area contributed by atoms with Crippen LogP contribution in [0.3, 0.4) is 0 Å². The topological polar surface area (TPSA) is 88.2 Å². The molecular formula is C34H31F3N4O4. The van der Waals surface area contributed by atoms with E-state index in [0.29, 0.717) is 51.9 Å². The lowest BCUT2D eigenvalue weighted by atomic mass is 10.1. The molecule has 0 aliphatic carbocycles. The molecule has 2 heterocycles.